The summed E-state index contributed by atoms with van der Waals surface area (Å²) in [5.41, 5.74) is 10.5. The number of rotatable bonds is 2. The van der Waals surface area contributed by atoms with Crippen LogP contribution in [0.1, 0.15) is 11.6 Å². The molecule has 4 N–H and O–H groups in total. The van der Waals surface area contributed by atoms with Crippen LogP contribution >= 0.6 is 0 Å². The molecule has 0 fully saturated rings. The van der Waals surface area contributed by atoms with Crippen molar-refractivity contribution in [1.29, 1.82) is 0 Å². The Kier molecular flexibility index (Phi) is 3.09. The summed E-state index contributed by atoms with van der Waals surface area (Å²) in [7, 11) is 1.38. The fourth-order valence-electron chi connectivity index (χ4n) is 1.14. The van der Waals surface area contributed by atoms with Gasteiger partial charge >= 0.3 is 6.18 Å². The molecule has 0 aliphatic rings. The number of hydrogen-bond donors (Lipinski definition) is 2. The lowest BCUT2D eigenvalue weighted by Crippen LogP contribution is -2.28. The molecule has 3 nitrogen and oxygen atoms in total. The Morgan fingerprint density at radius 1 is 1.33 bits per heavy atom. The zero-order chi connectivity index (χ0) is 11.6. The Morgan fingerprint density at radius 2 is 1.93 bits per heavy atom. The fourth-order valence-corrected chi connectivity index (χ4v) is 1.14. The highest BCUT2D eigenvalue weighted by Gasteiger charge is 2.37. The van der Waals surface area contributed by atoms with Crippen LogP contribution in [0.5, 0.6) is 5.75 Å². The van der Waals surface area contributed by atoms with Crippen molar-refractivity contribution >= 4 is 5.69 Å². The smallest absolute Gasteiger partial charge is 0.407 e. The highest BCUT2D eigenvalue weighted by Crippen LogP contribution is 2.33. The van der Waals surface area contributed by atoms with Crippen LogP contribution in [-0.4, -0.2) is 13.3 Å². The second kappa shape index (κ2) is 3.98. The molecule has 84 valence electrons. The van der Waals surface area contributed by atoms with E-state index >= 15 is 0 Å². The Morgan fingerprint density at radius 3 is 2.33 bits per heavy atom. The van der Waals surface area contributed by atoms with Gasteiger partial charge in [0.25, 0.3) is 0 Å². The van der Waals surface area contributed by atoms with Crippen LogP contribution < -0.4 is 16.2 Å². The third-order valence-electron chi connectivity index (χ3n) is 1.97. The summed E-state index contributed by atoms with van der Waals surface area (Å²) in [5, 5.41) is 0. The number of nitrogen functional groups attached to an aromatic ring is 1. The minimum Gasteiger partial charge on any atom is -0.495 e. The Balaban J connectivity index is 3.02. The van der Waals surface area contributed by atoms with E-state index in [4.69, 9.17) is 16.2 Å². The van der Waals surface area contributed by atoms with Crippen molar-refractivity contribution in [3.8, 4) is 5.75 Å². The van der Waals surface area contributed by atoms with E-state index < -0.39 is 12.2 Å². The first kappa shape index (κ1) is 11.6. The molecule has 6 heteroatoms. The van der Waals surface area contributed by atoms with E-state index in [1.165, 1.54) is 19.2 Å². The van der Waals surface area contributed by atoms with Gasteiger partial charge in [-0.05, 0) is 17.7 Å². The first-order valence-corrected chi connectivity index (χ1v) is 4.12. The number of hydrogen-bond acceptors (Lipinski definition) is 3. The SMILES string of the molecule is COc1ccc([C@H](N)C(F)(F)F)cc1N. The molecule has 0 spiro atoms. The zero-order valence-corrected chi connectivity index (χ0v) is 8.01. The van der Waals surface area contributed by atoms with Crippen molar-refractivity contribution in [2.45, 2.75) is 12.2 Å². The monoisotopic (exact) mass is 220 g/mol. The molecule has 1 atom stereocenters. The van der Waals surface area contributed by atoms with Gasteiger partial charge in [0.15, 0.2) is 0 Å². The van der Waals surface area contributed by atoms with Gasteiger partial charge in [0.2, 0.25) is 0 Å². The predicted molar refractivity (Wildman–Crippen MR) is 50.4 cm³/mol. The van der Waals surface area contributed by atoms with Crippen molar-refractivity contribution in [2.24, 2.45) is 5.73 Å². The van der Waals surface area contributed by atoms with Crippen LogP contribution in [0.3, 0.4) is 0 Å². The summed E-state index contributed by atoms with van der Waals surface area (Å²) < 4.78 is 41.6. The summed E-state index contributed by atoms with van der Waals surface area (Å²) in [6, 6.07) is 1.74. The van der Waals surface area contributed by atoms with Crippen LogP contribution in [0.25, 0.3) is 0 Å². The molecule has 0 aromatic heterocycles. The lowest BCUT2D eigenvalue weighted by molar-refractivity contribution is -0.149. The number of alkyl halides is 3. The number of benzene rings is 1. The number of halogens is 3. The lowest BCUT2D eigenvalue weighted by Gasteiger charge is -2.16. The molecule has 1 aromatic rings. The molecule has 1 aromatic carbocycles. The lowest BCUT2D eigenvalue weighted by atomic mass is 10.1. The molecule has 15 heavy (non-hydrogen) atoms. The average molecular weight is 220 g/mol. The van der Waals surface area contributed by atoms with Crippen molar-refractivity contribution in [1.82, 2.24) is 0 Å². The summed E-state index contributed by atoms with van der Waals surface area (Å²) >= 11 is 0. The molecule has 1 rings (SSSR count). The molecule has 0 unspecified atom stereocenters. The molecule has 0 heterocycles. The first-order valence-electron chi connectivity index (χ1n) is 4.12. The number of ether oxygens (including phenoxy) is 1. The minimum atomic E-state index is -4.47. The van der Waals surface area contributed by atoms with Crippen LogP contribution in [-0.2, 0) is 0 Å². The van der Waals surface area contributed by atoms with E-state index in [9.17, 15) is 13.2 Å². The number of methoxy groups -OCH3 is 1. The second-order valence-electron chi connectivity index (χ2n) is 3.02. The van der Waals surface area contributed by atoms with Crippen molar-refractivity contribution in [3.05, 3.63) is 23.8 Å². The Bertz CT molecular complexity index is 352. The van der Waals surface area contributed by atoms with E-state index in [1.54, 1.807) is 0 Å². The van der Waals surface area contributed by atoms with Crippen LogP contribution in [0.15, 0.2) is 18.2 Å². The topological polar surface area (TPSA) is 61.3 Å². The number of anilines is 1. The standard InChI is InChI=1S/C9H11F3N2O/c1-15-7-3-2-5(4-6(7)13)8(14)9(10,11)12/h2-4,8H,13-14H2,1H3/t8-/m0/s1. The van der Waals surface area contributed by atoms with E-state index in [-0.39, 0.29) is 11.3 Å². The van der Waals surface area contributed by atoms with Gasteiger partial charge in [-0.3, -0.25) is 0 Å². The molecule has 0 saturated carbocycles. The van der Waals surface area contributed by atoms with E-state index in [0.717, 1.165) is 6.07 Å². The molecular formula is C9H11F3N2O. The third kappa shape index (κ3) is 2.53. The van der Waals surface area contributed by atoms with Crippen molar-refractivity contribution in [2.75, 3.05) is 12.8 Å². The number of nitrogens with two attached hydrogens (primary N) is 2. The highest BCUT2D eigenvalue weighted by atomic mass is 19.4. The average Bonchev–Trinajstić information content (AvgIpc) is 2.15. The van der Waals surface area contributed by atoms with Crippen molar-refractivity contribution < 1.29 is 17.9 Å². The van der Waals surface area contributed by atoms with Crippen LogP contribution in [0.4, 0.5) is 18.9 Å². The Hall–Kier alpha value is -1.43. The van der Waals surface area contributed by atoms with E-state index in [2.05, 4.69) is 0 Å². The molecule has 0 aliphatic heterocycles. The molecule has 0 bridgehead atoms. The summed E-state index contributed by atoms with van der Waals surface area (Å²) in [6.45, 7) is 0. The summed E-state index contributed by atoms with van der Waals surface area (Å²) in [5.74, 6) is 0.327. The summed E-state index contributed by atoms with van der Waals surface area (Å²) in [4.78, 5) is 0. The molecule has 0 saturated heterocycles. The quantitative estimate of drug-likeness (QED) is 0.747. The van der Waals surface area contributed by atoms with Gasteiger partial charge in [0.1, 0.15) is 11.8 Å². The van der Waals surface area contributed by atoms with Gasteiger partial charge in [0, 0.05) is 0 Å². The van der Waals surface area contributed by atoms with Gasteiger partial charge in [-0.15, -0.1) is 0 Å². The maximum atomic E-state index is 12.3. The first-order chi connectivity index (χ1) is 6.86. The van der Waals surface area contributed by atoms with Gasteiger partial charge < -0.3 is 16.2 Å². The molecular weight excluding hydrogens is 209 g/mol. The summed E-state index contributed by atoms with van der Waals surface area (Å²) in [6.07, 6.45) is -4.47. The van der Waals surface area contributed by atoms with Gasteiger partial charge in [0.05, 0.1) is 12.8 Å². The fraction of sp³-hybridized carbons (Fsp3) is 0.333. The molecule has 0 radical (unpaired) electrons. The Labute approximate surface area is 84.8 Å². The predicted octanol–water partition coefficient (Wildman–Crippen LogP) is 1.84. The normalized spacial score (nSPS) is 13.7. The molecule has 0 amide bonds. The second-order valence-corrected chi connectivity index (χ2v) is 3.02. The van der Waals surface area contributed by atoms with Gasteiger partial charge in [-0.25, -0.2) is 0 Å². The minimum absolute atomic E-state index is 0.0826. The van der Waals surface area contributed by atoms with E-state index in [1.807, 2.05) is 0 Å². The maximum Gasteiger partial charge on any atom is 0.407 e. The zero-order valence-electron chi connectivity index (χ0n) is 8.01. The van der Waals surface area contributed by atoms with Crippen molar-refractivity contribution in [3.63, 3.8) is 0 Å². The van der Waals surface area contributed by atoms with Crippen LogP contribution in [0, 0.1) is 0 Å². The maximum absolute atomic E-state index is 12.3. The third-order valence-corrected chi connectivity index (χ3v) is 1.97. The van der Waals surface area contributed by atoms with Crippen LogP contribution in [0.2, 0.25) is 0 Å². The van der Waals surface area contributed by atoms with Gasteiger partial charge in [-0.1, -0.05) is 6.07 Å². The van der Waals surface area contributed by atoms with E-state index in [0.29, 0.717) is 5.75 Å². The van der Waals surface area contributed by atoms with Gasteiger partial charge in [-0.2, -0.15) is 13.2 Å². The molecule has 0 aliphatic carbocycles. The highest BCUT2D eigenvalue weighted by molar-refractivity contribution is 5.54. The largest absolute Gasteiger partial charge is 0.495 e.